The number of likely N-dealkylation sites (tertiary alicyclic amines) is 1. The van der Waals surface area contributed by atoms with Crippen molar-refractivity contribution in [2.75, 3.05) is 18.9 Å². The van der Waals surface area contributed by atoms with Crippen molar-refractivity contribution in [3.63, 3.8) is 0 Å². The summed E-state index contributed by atoms with van der Waals surface area (Å²) in [5, 5.41) is 5.94. The number of aromatic nitrogens is 2. The third-order valence-electron chi connectivity index (χ3n) is 4.56. The Morgan fingerprint density at radius 2 is 1.93 bits per heavy atom. The zero-order valence-electron chi connectivity index (χ0n) is 14.4. The molecule has 1 N–H and O–H groups in total. The van der Waals surface area contributed by atoms with Crippen molar-refractivity contribution in [3.05, 3.63) is 47.5 Å². The number of rotatable bonds is 3. The van der Waals surface area contributed by atoms with Crippen LogP contribution in [0.5, 0.6) is 0 Å². The number of likely N-dealkylation sites (N-methyl/N-ethyl adjacent to an activating group) is 1. The monoisotopic (exact) mass is 384 g/mol. The Labute approximate surface area is 151 Å². The van der Waals surface area contributed by atoms with Crippen molar-refractivity contribution in [1.29, 1.82) is 0 Å². The molecule has 2 atom stereocenters. The second-order valence-electron chi connectivity index (χ2n) is 6.34. The lowest BCUT2D eigenvalue weighted by Gasteiger charge is -2.18. The normalized spacial score (nSPS) is 20.2. The fourth-order valence-corrected chi connectivity index (χ4v) is 3.32. The van der Waals surface area contributed by atoms with Gasteiger partial charge < -0.3 is 10.2 Å². The van der Waals surface area contributed by atoms with Crippen LogP contribution in [0.1, 0.15) is 17.2 Å². The van der Waals surface area contributed by atoms with Crippen LogP contribution in [-0.2, 0) is 22.8 Å². The van der Waals surface area contributed by atoms with Crippen LogP contribution in [0.25, 0.3) is 0 Å². The molecule has 144 valence electrons. The summed E-state index contributed by atoms with van der Waals surface area (Å²) in [5.74, 6) is -4.68. The van der Waals surface area contributed by atoms with Gasteiger partial charge in [-0.1, -0.05) is 12.1 Å². The van der Waals surface area contributed by atoms with Crippen LogP contribution in [0.15, 0.2) is 30.5 Å². The van der Waals surface area contributed by atoms with E-state index in [0.717, 1.165) is 19.3 Å². The van der Waals surface area contributed by atoms with Crippen molar-refractivity contribution in [1.82, 2.24) is 14.7 Å². The van der Waals surface area contributed by atoms with E-state index in [1.807, 2.05) is 0 Å². The van der Waals surface area contributed by atoms with Gasteiger partial charge in [0.1, 0.15) is 17.4 Å². The number of carbonyl (C=O) groups excluding carboxylic acids is 2. The summed E-state index contributed by atoms with van der Waals surface area (Å²) in [6.07, 6.45) is -3.68. The van der Waals surface area contributed by atoms with E-state index in [0.29, 0.717) is 4.68 Å². The zero-order valence-corrected chi connectivity index (χ0v) is 14.4. The summed E-state index contributed by atoms with van der Waals surface area (Å²) in [6, 6.07) is 5.34. The molecule has 0 unspecified atom stereocenters. The third-order valence-corrected chi connectivity index (χ3v) is 4.56. The van der Waals surface area contributed by atoms with Gasteiger partial charge in [0.15, 0.2) is 0 Å². The first-order valence-corrected chi connectivity index (χ1v) is 8.00. The van der Waals surface area contributed by atoms with E-state index in [-0.39, 0.29) is 17.8 Å². The summed E-state index contributed by atoms with van der Waals surface area (Å²) in [5.41, 5.74) is -1.40. The number of alkyl halides is 3. The van der Waals surface area contributed by atoms with Crippen LogP contribution >= 0.6 is 0 Å². The molecule has 1 fully saturated rings. The number of benzene rings is 1. The largest absolute Gasteiger partial charge is 0.433 e. The number of nitrogens with one attached hydrogen (secondary N) is 1. The van der Waals surface area contributed by atoms with Crippen LogP contribution < -0.4 is 5.32 Å². The average molecular weight is 384 g/mol. The molecule has 2 heterocycles. The Balaban J connectivity index is 1.97. The van der Waals surface area contributed by atoms with Crippen LogP contribution in [0.4, 0.5) is 23.2 Å². The van der Waals surface area contributed by atoms with Crippen molar-refractivity contribution in [2.24, 2.45) is 13.0 Å². The third kappa shape index (κ3) is 3.38. The summed E-state index contributed by atoms with van der Waals surface area (Å²) in [6.45, 7) is -0.0804. The van der Waals surface area contributed by atoms with Crippen LogP contribution in [-0.4, -0.2) is 40.1 Å². The summed E-state index contributed by atoms with van der Waals surface area (Å²) >= 11 is 0. The maximum atomic E-state index is 13.8. The van der Waals surface area contributed by atoms with Gasteiger partial charge in [-0.2, -0.15) is 18.3 Å². The maximum absolute atomic E-state index is 13.8. The first-order chi connectivity index (χ1) is 12.6. The standard InChI is InChI=1S/C17H16F4N4O2/c1-24-8-10(9-7-22-25(2)14(9)17(19,20)21)13(16(24)27)15(26)23-12-6-4-3-5-11(12)18/h3-7,10,13H,8H2,1-2H3,(H,23,26)/t10-,13+/m1/s1. The second kappa shape index (κ2) is 6.67. The molecule has 1 aliphatic rings. The van der Waals surface area contributed by atoms with Gasteiger partial charge in [0.05, 0.1) is 11.9 Å². The molecule has 1 aromatic carbocycles. The quantitative estimate of drug-likeness (QED) is 0.653. The predicted molar refractivity (Wildman–Crippen MR) is 87.1 cm³/mol. The number of amides is 2. The lowest BCUT2D eigenvalue weighted by Crippen LogP contribution is -2.33. The van der Waals surface area contributed by atoms with Crippen LogP contribution in [0.2, 0.25) is 0 Å². The Morgan fingerprint density at radius 3 is 2.56 bits per heavy atom. The zero-order chi connectivity index (χ0) is 19.9. The number of anilines is 1. The predicted octanol–water partition coefficient (Wildman–Crippen LogP) is 2.39. The van der Waals surface area contributed by atoms with Crippen LogP contribution in [0, 0.1) is 11.7 Å². The summed E-state index contributed by atoms with van der Waals surface area (Å²) < 4.78 is 54.7. The molecular weight excluding hydrogens is 368 g/mol. The molecule has 6 nitrogen and oxygen atoms in total. The Hall–Kier alpha value is -2.91. The van der Waals surface area contributed by atoms with E-state index < -0.39 is 41.3 Å². The number of carbonyl (C=O) groups is 2. The fraction of sp³-hybridized carbons (Fsp3) is 0.353. The first-order valence-electron chi connectivity index (χ1n) is 8.00. The van der Waals surface area contributed by atoms with Gasteiger partial charge in [-0.3, -0.25) is 14.3 Å². The van der Waals surface area contributed by atoms with E-state index in [4.69, 9.17) is 0 Å². The fourth-order valence-electron chi connectivity index (χ4n) is 3.32. The Bertz CT molecular complexity index is 893. The lowest BCUT2D eigenvalue weighted by molar-refractivity contribution is -0.145. The average Bonchev–Trinajstić information content (AvgIpc) is 3.10. The van der Waals surface area contributed by atoms with E-state index in [9.17, 15) is 27.2 Å². The van der Waals surface area contributed by atoms with Crippen molar-refractivity contribution >= 4 is 17.5 Å². The molecule has 3 rings (SSSR count). The molecule has 0 radical (unpaired) electrons. The highest BCUT2D eigenvalue weighted by Gasteiger charge is 2.49. The maximum Gasteiger partial charge on any atom is 0.433 e. The SMILES string of the molecule is CN1C[C@H](c2cnn(C)c2C(F)(F)F)[C@@H](C(=O)Nc2ccccc2F)C1=O. The summed E-state index contributed by atoms with van der Waals surface area (Å²) in [4.78, 5) is 26.3. The van der Waals surface area contributed by atoms with E-state index in [1.165, 1.54) is 30.1 Å². The highest BCUT2D eigenvalue weighted by molar-refractivity contribution is 6.08. The summed E-state index contributed by atoms with van der Waals surface area (Å²) in [7, 11) is 2.54. The topological polar surface area (TPSA) is 67.2 Å². The lowest BCUT2D eigenvalue weighted by atomic mass is 9.87. The molecule has 2 aromatic rings. The van der Waals surface area contributed by atoms with Gasteiger partial charge in [0.25, 0.3) is 0 Å². The van der Waals surface area contributed by atoms with Crippen molar-refractivity contribution in [2.45, 2.75) is 12.1 Å². The Kier molecular flexibility index (Phi) is 4.66. The minimum absolute atomic E-state index is 0.0804. The molecule has 1 aromatic heterocycles. The van der Waals surface area contributed by atoms with Gasteiger partial charge in [0, 0.05) is 32.1 Å². The molecule has 0 aliphatic carbocycles. The first kappa shape index (κ1) is 18.9. The molecule has 0 saturated carbocycles. The molecule has 10 heteroatoms. The van der Waals surface area contributed by atoms with Gasteiger partial charge in [0.2, 0.25) is 11.8 Å². The minimum Gasteiger partial charge on any atom is -0.344 e. The number of hydrogen-bond donors (Lipinski definition) is 1. The molecule has 0 spiro atoms. The second-order valence-corrected chi connectivity index (χ2v) is 6.34. The Morgan fingerprint density at radius 1 is 1.26 bits per heavy atom. The highest BCUT2D eigenvalue weighted by atomic mass is 19.4. The molecule has 2 amide bonds. The minimum atomic E-state index is -4.70. The van der Waals surface area contributed by atoms with Gasteiger partial charge in [-0.25, -0.2) is 4.39 Å². The number of nitrogens with zero attached hydrogens (tertiary/aromatic N) is 3. The number of aryl methyl sites for hydroxylation is 1. The van der Waals surface area contributed by atoms with Crippen molar-refractivity contribution < 1.29 is 27.2 Å². The number of halogens is 4. The van der Waals surface area contributed by atoms with Crippen LogP contribution in [0.3, 0.4) is 0 Å². The molecule has 27 heavy (non-hydrogen) atoms. The van der Waals surface area contributed by atoms with Gasteiger partial charge >= 0.3 is 6.18 Å². The molecule has 0 bridgehead atoms. The van der Waals surface area contributed by atoms with E-state index in [1.54, 1.807) is 0 Å². The smallest absolute Gasteiger partial charge is 0.344 e. The highest BCUT2D eigenvalue weighted by Crippen LogP contribution is 2.41. The van der Waals surface area contributed by atoms with Gasteiger partial charge in [-0.05, 0) is 12.1 Å². The van der Waals surface area contributed by atoms with Gasteiger partial charge in [-0.15, -0.1) is 0 Å². The van der Waals surface area contributed by atoms with E-state index in [2.05, 4.69) is 10.4 Å². The molecule has 1 saturated heterocycles. The number of hydrogen-bond acceptors (Lipinski definition) is 3. The number of para-hydroxylation sites is 1. The molecular formula is C17H16F4N4O2. The van der Waals surface area contributed by atoms with E-state index >= 15 is 0 Å². The molecule has 1 aliphatic heterocycles. The van der Waals surface area contributed by atoms with Crippen molar-refractivity contribution in [3.8, 4) is 0 Å².